The first-order valence-electron chi connectivity index (χ1n) is 8.92. The Morgan fingerprint density at radius 1 is 1.10 bits per heavy atom. The van der Waals surface area contributed by atoms with E-state index >= 15 is 0 Å². The van der Waals surface area contributed by atoms with Crippen molar-refractivity contribution in [2.24, 2.45) is 0 Å². The minimum absolute atomic E-state index is 0.132. The average molecular weight is 429 g/mol. The first kappa shape index (κ1) is 22.7. The second-order valence-corrected chi connectivity index (χ2v) is 8.54. The van der Waals surface area contributed by atoms with Crippen molar-refractivity contribution in [3.05, 3.63) is 65.2 Å². The van der Waals surface area contributed by atoms with Gasteiger partial charge in [-0.2, -0.15) is 21.6 Å². The zero-order valence-electron chi connectivity index (χ0n) is 16.2. The molecule has 2 aromatic rings. The van der Waals surface area contributed by atoms with E-state index in [0.29, 0.717) is 5.56 Å². The van der Waals surface area contributed by atoms with E-state index in [-0.39, 0.29) is 29.7 Å². The number of halogens is 3. The third-order valence-corrected chi connectivity index (χ3v) is 5.32. The molecule has 0 aliphatic carbocycles. The van der Waals surface area contributed by atoms with Gasteiger partial charge in [0.25, 0.3) is 5.91 Å². The maximum atomic E-state index is 12.8. The van der Waals surface area contributed by atoms with Crippen LogP contribution in [0.15, 0.2) is 48.5 Å². The molecule has 0 aliphatic rings. The molecule has 0 saturated heterocycles. The van der Waals surface area contributed by atoms with Gasteiger partial charge in [0.1, 0.15) is 5.75 Å². The second-order valence-electron chi connectivity index (χ2n) is 6.68. The van der Waals surface area contributed by atoms with Crippen molar-refractivity contribution in [3.63, 3.8) is 0 Å². The number of rotatable bonds is 7. The van der Waals surface area contributed by atoms with Crippen LogP contribution in [0.4, 0.5) is 13.2 Å². The van der Waals surface area contributed by atoms with Crippen LogP contribution in [0, 0.1) is 0 Å². The van der Waals surface area contributed by atoms with Crippen LogP contribution in [0.5, 0.6) is 5.75 Å². The summed E-state index contributed by atoms with van der Waals surface area (Å²) in [6, 6.07) is 10.1. The highest BCUT2D eigenvalue weighted by Gasteiger charge is 2.30. The molecule has 0 N–H and O–H groups in total. The number of nitrogens with zero attached hydrogens (tertiary/aromatic N) is 1. The lowest BCUT2D eigenvalue weighted by Gasteiger charge is -2.27. The van der Waals surface area contributed by atoms with Crippen LogP contribution in [0.1, 0.15) is 42.3 Å². The normalized spacial score (nSPS) is 12.1. The van der Waals surface area contributed by atoms with Crippen LogP contribution in [0.2, 0.25) is 0 Å². The molecule has 0 fully saturated rings. The lowest BCUT2D eigenvalue weighted by molar-refractivity contribution is -0.137. The zero-order chi connectivity index (χ0) is 21.8. The maximum Gasteiger partial charge on any atom is 0.416 e. The molecule has 29 heavy (non-hydrogen) atoms. The molecular formula is C20H22F3NO4S. The Labute approximate surface area is 168 Å². The number of hydrogen-bond donors (Lipinski definition) is 0. The fourth-order valence-corrected chi connectivity index (χ4v) is 3.07. The lowest BCUT2D eigenvalue weighted by Crippen LogP contribution is -2.36. The monoisotopic (exact) mass is 429 g/mol. The molecule has 2 aromatic carbocycles. The third kappa shape index (κ3) is 6.22. The van der Waals surface area contributed by atoms with Crippen LogP contribution in [0.25, 0.3) is 0 Å². The van der Waals surface area contributed by atoms with Crippen molar-refractivity contribution in [2.75, 3.05) is 5.75 Å². The summed E-state index contributed by atoms with van der Waals surface area (Å²) in [6.07, 6.45) is -4.47. The van der Waals surface area contributed by atoms with Crippen LogP contribution in [0.3, 0.4) is 0 Å². The summed E-state index contributed by atoms with van der Waals surface area (Å²) < 4.78 is 66.4. The van der Waals surface area contributed by atoms with Gasteiger partial charge in [-0.15, -0.1) is 0 Å². The van der Waals surface area contributed by atoms with Crippen LogP contribution >= 0.6 is 0 Å². The molecule has 0 radical (unpaired) electrons. The van der Waals surface area contributed by atoms with Gasteiger partial charge in [-0.3, -0.25) is 4.79 Å². The van der Waals surface area contributed by atoms with Gasteiger partial charge in [0.05, 0.1) is 11.3 Å². The fourth-order valence-electron chi connectivity index (χ4n) is 2.55. The summed E-state index contributed by atoms with van der Waals surface area (Å²) in [5.74, 6) is -0.474. The largest absolute Gasteiger partial charge is 0.416 e. The van der Waals surface area contributed by atoms with Crippen molar-refractivity contribution < 1.29 is 30.6 Å². The van der Waals surface area contributed by atoms with E-state index in [9.17, 15) is 26.4 Å². The fraction of sp³-hybridized carbons (Fsp3) is 0.350. The highest BCUT2D eigenvalue weighted by Crippen LogP contribution is 2.29. The second kappa shape index (κ2) is 8.86. The van der Waals surface area contributed by atoms with E-state index < -0.39 is 27.8 Å². The van der Waals surface area contributed by atoms with Crippen molar-refractivity contribution in [3.8, 4) is 5.75 Å². The van der Waals surface area contributed by atoms with E-state index in [4.69, 9.17) is 4.18 Å². The number of amides is 1. The summed E-state index contributed by atoms with van der Waals surface area (Å²) in [4.78, 5) is 14.3. The number of carbonyl (C=O) groups excluding carboxylic acids is 1. The van der Waals surface area contributed by atoms with Gasteiger partial charge in [-0.1, -0.05) is 12.1 Å². The summed E-state index contributed by atoms with van der Waals surface area (Å²) in [6.45, 7) is 5.16. The summed E-state index contributed by atoms with van der Waals surface area (Å²) in [5, 5.41) is 0. The van der Waals surface area contributed by atoms with Crippen molar-refractivity contribution >= 4 is 16.0 Å². The minimum atomic E-state index is -4.47. The van der Waals surface area contributed by atoms with E-state index in [1.807, 2.05) is 0 Å². The van der Waals surface area contributed by atoms with Crippen molar-refractivity contribution in [1.29, 1.82) is 0 Å². The van der Waals surface area contributed by atoms with Gasteiger partial charge in [0.2, 0.25) is 0 Å². The number of hydrogen-bond acceptors (Lipinski definition) is 4. The maximum absolute atomic E-state index is 12.8. The topological polar surface area (TPSA) is 63.7 Å². The molecule has 0 spiro atoms. The highest BCUT2D eigenvalue weighted by atomic mass is 32.2. The molecule has 0 heterocycles. The van der Waals surface area contributed by atoms with Gasteiger partial charge in [0.15, 0.2) is 0 Å². The molecule has 0 unspecified atom stereocenters. The van der Waals surface area contributed by atoms with Crippen LogP contribution in [-0.2, 0) is 22.8 Å². The molecule has 158 valence electrons. The Morgan fingerprint density at radius 2 is 1.72 bits per heavy atom. The van der Waals surface area contributed by atoms with Crippen molar-refractivity contribution in [1.82, 2.24) is 4.90 Å². The first-order valence-corrected chi connectivity index (χ1v) is 10.5. The number of benzene rings is 2. The summed E-state index contributed by atoms with van der Waals surface area (Å²) >= 11 is 0. The average Bonchev–Trinajstić information content (AvgIpc) is 2.65. The quantitative estimate of drug-likeness (QED) is 0.609. The molecule has 1 amide bonds. The molecule has 0 atom stereocenters. The summed E-state index contributed by atoms with van der Waals surface area (Å²) in [7, 11) is -3.68. The van der Waals surface area contributed by atoms with E-state index in [2.05, 4.69) is 0 Å². The Bertz CT molecular complexity index is 954. The third-order valence-electron chi connectivity index (χ3n) is 4.17. The Balaban J connectivity index is 2.23. The summed E-state index contributed by atoms with van der Waals surface area (Å²) in [5.41, 5.74) is -0.0671. The minimum Gasteiger partial charge on any atom is -0.382 e. The van der Waals surface area contributed by atoms with E-state index in [1.165, 1.54) is 24.0 Å². The Hall–Kier alpha value is -2.55. The standard InChI is InChI=1S/C20H22F3NO4S/c1-4-29(26,27)28-18-7-5-6-15(12-18)13-24(14(2)3)19(25)16-8-10-17(11-9-16)20(21,22)23/h5-12,14H,4,13H2,1-3H3. The van der Waals surface area contributed by atoms with E-state index in [0.717, 1.165) is 24.3 Å². The SMILES string of the molecule is CCS(=O)(=O)Oc1cccc(CN(C(=O)c2ccc(C(F)(F)F)cc2)C(C)C)c1. The van der Waals surface area contributed by atoms with Gasteiger partial charge in [-0.05, 0) is 62.7 Å². The molecular weight excluding hydrogens is 407 g/mol. The van der Waals surface area contributed by atoms with Gasteiger partial charge in [-0.25, -0.2) is 0 Å². The van der Waals surface area contributed by atoms with Crippen LogP contribution in [-0.4, -0.2) is 31.0 Å². The molecule has 0 aliphatic heterocycles. The number of carbonyl (C=O) groups is 1. The first-order chi connectivity index (χ1) is 13.4. The van der Waals surface area contributed by atoms with Gasteiger partial charge in [0, 0.05) is 18.2 Å². The molecule has 2 rings (SSSR count). The Morgan fingerprint density at radius 3 is 2.24 bits per heavy atom. The molecule has 5 nitrogen and oxygen atoms in total. The highest BCUT2D eigenvalue weighted by molar-refractivity contribution is 7.87. The molecule has 0 saturated carbocycles. The molecule has 0 aromatic heterocycles. The smallest absolute Gasteiger partial charge is 0.382 e. The lowest BCUT2D eigenvalue weighted by atomic mass is 10.1. The predicted octanol–water partition coefficient (Wildman–Crippen LogP) is 4.48. The predicted molar refractivity (Wildman–Crippen MR) is 103 cm³/mol. The van der Waals surface area contributed by atoms with Crippen molar-refractivity contribution in [2.45, 2.75) is 39.5 Å². The molecule has 9 heteroatoms. The van der Waals surface area contributed by atoms with Gasteiger partial charge < -0.3 is 9.08 Å². The van der Waals surface area contributed by atoms with E-state index in [1.54, 1.807) is 26.0 Å². The Kier molecular flexibility index (Phi) is 6.94. The molecule has 0 bridgehead atoms. The zero-order valence-corrected chi connectivity index (χ0v) is 17.0. The van der Waals surface area contributed by atoms with Crippen LogP contribution < -0.4 is 4.18 Å². The van der Waals surface area contributed by atoms with Gasteiger partial charge >= 0.3 is 16.3 Å². The number of alkyl halides is 3.